The van der Waals surface area contributed by atoms with Gasteiger partial charge in [0.1, 0.15) is 11.6 Å². The Morgan fingerprint density at radius 2 is 2.11 bits per heavy atom. The fourth-order valence-corrected chi connectivity index (χ4v) is 3.61. The van der Waals surface area contributed by atoms with Crippen LogP contribution in [-0.4, -0.2) is 15.0 Å². The molecule has 1 N–H and O–H groups in total. The second-order valence-electron chi connectivity index (χ2n) is 3.80. The molecule has 0 saturated heterocycles. The van der Waals surface area contributed by atoms with Crippen molar-refractivity contribution in [3.8, 4) is 0 Å². The van der Waals surface area contributed by atoms with Gasteiger partial charge in [-0.05, 0) is 46.3 Å². The zero-order valence-corrected chi connectivity index (χ0v) is 12.2. The molecule has 1 aromatic heterocycles. The maximum absolute atomic E-state index is 12.9. The average molecular weight is 348 g/mol. The molecule has 0 aliphatic heterocycles. The van der Waals surface area contributed by atoms with Crippen molar-refractivity contribution in [2.75, 3.05) is 6.54 Å². The number of hydrogen-bond donors (Lipinski definition) is 1. The number of furan rings is 1. The van der Waals surface area contributed by atoms with Crippen LogP contribution in [0.25, 0.3) is 0 Å². The van der Waals surface area contributed by atoms with Gasteiger partial charge in [0.25, 0.3) is 0 Å². The van der Waals surface area contributed by atoms with Crippen molar-refractivity contribution in [2.45, 2.75) is 11.3 Å². The summed E-state index contributed by atoms with van der Waals surface area (Å²) in [5.74, 6) is 0.197. The van der Waals surface area contributed by atoms with Crippen molar-refractivity contribution in [3.05, 3.63) is 52.6 Å². The van der Waals surface area contributed by atoms with Crippen LogP contribution in [0.1, 0.15) is 5.76 Å². The van der Waals surface area contributed by atoms with E-state index in [0.717, 1.165) is 12.1 Å². The molecule has 0 aliphatic rings. The smallest absolute Gasteiger partial charge is 0.241 e. The summed E-state index contributed by atoms with van der Waals surface area (Å²) in [4.78, 5) is 0.00773. The molecule has 0 fully saturated rings. The van der Waals surface area contributed by atoms with Gasteiger partial charge in [-0.25, -0.2) is 17.5 Å². The minimum Gasteiger partial charge on any atom is -0.469 e. The van der Waals surface area contributed by atoms with Crippen molar-refractivity contribution in [1.29, 1.82) is 0 Å². The van der Waals surface area contributed by atoms with Crippen LogP contribution in [0, 0.1) is 5.82 Å². The van der Waals surface area contributed by atoms with Crippen LogP contribution in [0.2, 0.25) is 0 Å². The number of hydrogen-bond acceptors (Lipinski definition) is 3. The highest BCUT2D eigenvalue weighted by Crippen LogP contribution is 2.22. The summed E-state index contributed by atoms with van der Waals surface area (Å²) in [5, 5.41) is 0. The van der Waals surface area contributed by atoms with Crippen molar-refractivity contribution >= 4 is 26.0 Å². The van der Waals surface area contributed by atoms with Crippen LogP contribution in [0.3, 0.4) is 0 Å². The second-order valence-corrected chi connectivity index (χ2v) is 6.39. The molecule has 2 rings (SSSR count). The van der Waals surface area contributed by atoms with Crippen LogP contribution in [0.15, 0.2) is 50.4 Å². The molecule has 102 valence electrons. The first-order valence-corrected chi connectivity index (χ1v) is 7.74. The highest BCUT2D eigenvalue weighted by Gasteiger charge is 2.17. The molecule has 1 heterocycles. The molecule has 19 heavy (non-hydrogen) atoms. The van der Waals surface area contributed by atoms with Gasteiger partial charge < -0.3 is 4.42 Å². The molecular weight excluding hydrogens is 337 g/mol. The van der Waals surface area contributed by atoms with Gasteiger partial charge >= 0.3 is 0 Å². The summed E-state index contributed by atoms with van der Waals surface area (Å²) in [5.41, 5.74) is 0. The number of halogens is 2. The van der Waals surface area contributed by atoms with E-state index < -0.39 is 15.8 Å². The Labute approximate surface area is 118 Å². The van der Waals surface area contributed by atoms with Gasteiger partial charge in [-0.15, -0.1) is 0 Å². The van der Waals surface area contributed by atoms with Crippen LogP contribution < -0.4 is 4.72 Å². The Hall–Kier alpha value is -1.18. The lowest BCUT2D eigenvalue weighted by atomic mass is 10.3. The van der Waals surface area contributed by atoms with Crippen LogP contribution in [-0.2, 0) is 16.4 Å². The number of benzene rings is 1. The zero-order valence-electron chi connectivity index (χ0n) is 9.77. The molecule has 4 nitrogen and oxygen atoms in total. The third kappa shape index (κ3) is 3.65. The summed E-state index contributed by atoms with van der Waals surface area (Å²) >= 11 is 3.04. The molecule has 1 aromatic carbocycles. The molecule has 0 saturated carbocycles. The Bertz CT molecular complexity index is 656. The minimum atomic E-state index is -3.67. The summed E-state index contributed by atoms with van der Waals surface area (Å²) in [7, 11) is -3.67. The highest BCUT2D eigenvalue weighted by atomic mass is 79.9. The zero-order chi connectivity index (χ0) is 13.9. The molecule has 0 radical (unpaired) electrons. The molecule has 0 amide bonds. The first kappa shape index (κ1) is 14.2. The summed E-state index contributed by atoms with van der Waals surface area (Å²) in [6, 6.07) is 6.93. The third-order valence-corrected chi connectivity index (χ3v) is 4.86. The molecule has 0 spiro atoms. The van der Waals surface area contributed by atoms with Gasteiger partial charge in [0.2, 0.25) is 10.0 Å². The minimum absolute atomic E-state index is 0.00773. The molecular formula is C12H11BrFNO3S. The van der Waals surface area contributed by atoms with Gasteiger partial charge in [-0.1, -0.05) is 0 Å². The first-order chi connectivity index (χ1) is 8.99. The van der Waals surface area contributed by atoms with Crippen molar-refractivity contribution < 1.29 is 17.2 Å². The SMILES string of the molecule is O=S(=O)(NCCc1ccco1)c1ccc(F)cc1Br. The van der Waals surface area contributed by atoms with Gasteiger partial charge in [-0.3, -0.25) is 0 Å². The van der Waals surface area contributed by atoms with E-state index in [2.05, 4.69) is 20.7 Å². The average Bonchev–Trinajstić information content (AvgIpc) is 2.81. The molecule has 2 aromatic rings. The van der Waals surface area contributed by atoms with Crippen molar-refractivity contribution in [2.24, 2.45) is 0 Å². The van der Waals surface area contributed by atoms with E-state index in [4.69, 9.17) is 4.42 Å². The number of rotatable bonds is 5. The summed E-state index contributed by atoms with van der Waals surface area (Å²) in [6.45, 7) is 0.208. The Balaban J connectivity index is 2.05. The third-order valence-electron chi connectivity index (χ3n) is 2.43. The lowest BCUT2D eigenvalue weighted by Gasteiger charge is -2.07. The molecule has 0 unspecified atom stereocenters. The van der Waals surface area contributed by atoms with E-state index in [1.165, 1.54) is 12.3 Å². The van der Waals surface area contributed by atoms with Gasteiger partial charge in [0.15, 0.2) is 0 Å². The van der Waals surface area contributed by atoms with Gasteiger partial charge in [-0.2, -0.15) is 0 Å². The lowest BCUT2D eigenvalue weighted by molar-refractivity contribution is 0.506. The molecule has 0 atom stereocenters. The normalized spacial score (nSPS) is 11.7. The topological polar surface area (TPSA) is 59.3 Å². The Morgan fingerprint density at radius 3 is 2.74 bits per heavy atom. The maximum atomic E-state index is 12.9. The standard InChI is InChI=1S/C12H11BrFNO3S/c13-11-8-9(14)3-4-12(11)19(16,17)15-6-5-10-2-1-7-18-10/h1-4,7-8,15H,5-6H2. The van der Waals surface area contributed by atoms with E-state index in [9.17, 15) is 12.8 Å². The highest BCUT2D eigenvalue weighted by molar-refractivity contribution is 9.10. The Kier molecular flexibility index (Phi) is 4.38. The fraction of sp³-hybridized carbons (Fsp3) is 0.167. The predicted octanol–water partition coefficient (Wildman–Crippen LogP) is 2.70. The number of sulfonamides is 1. The number of nitrogens with one attached hydrogen (secondary N) is 1. The van der Waals surface area contributed by atoms with Crippen LogP contribution in [0.5, 0.6) is 0 Å². The maximum Gasteiger partial charge on any atom is 0.241 e. The van der Waals surface area contributed by atoms with E-state index in [1.807, 2.05) is 0 Å². The monoisotopic (exact) mass is 347 g/mol. The van der Waals surface area contributed by atoms with E-state index in [0.29, 0.717) is 12.2 Å². The lowest BCUT2D eigenvalue weighted by Crippen LogP contribution is -2.26. The van der Waals surface area contributed by atoms with E-state index in [1.54, 1.807) is 12.1 Å². The summed E-state index contributed by atoms with van der Waals surface area (Å²) < 4.78 is 44.6. The quantitative estimate of drug-likeness (QED) is 0.904. The van der Waals surface area contributed by atoms with E-state index in [-0.39, 0.29) is 15.9 Å². The van der Waals surface area contributed by atoms with Crippen molar-refractivity contribution in [1.82, 2.24) is 4.72 Å². The van der Waals surface area contributed by atoms with Crippen LogP contribution in [0.4, 0.5) is 4.39 Å². The molecule has 0 bridgehead atoms. The molecule has 0 aliphatic carbocycles. The van der Waals surface area contributed by atoms with E-state index >= 15 is 0 Å². The summed E-state index contributed by atoms with van der Waals surface area (Å²) in [6.07, 6.45) is 1.98. The van der Waals surface area contributed by atoms with Crippen molar-refractivity contribution in [3.63, 3.8) is 0 Å². The first-order valence-electron chi connectivity index (χ1n) is 5.46. The molecule has 7 heteroatoms. The largest absolute Gasteiger partial charge is 0.469 e. The Morgan fingerprint density at radius 1 is 1.32 bits per heavy atom. The van der Waals surface area contributed by atoms with Gasteiger partial charge in [0.05, 0.1) is 11.2 Å². The van der Waals surface area contributed by atoms with Crippen LogP contribution >= 0.6 is 15.9 Å². The van der Waals surface area contributed by atoms with Gasteiger partial charge in [0, 0.05) is 17.4 Å². The fourth-order valence-electron chi connectivity index (χ4n) is 1.53. The predicted molar refractivity (Wildman–Crippen MR) is 71.7 cm³/mol. The second kappa shape index (κ2) is 5.85.